The number of fused-ring (bicyclic) bond motifs is 1. The van der Waals surface area contributed by atoms with Gasteiger partial charge in [-0.05, 0) is 67.8 Å². The van der Waals surface area contributed by atoms with Crippen molar-refractivity contribution in [3.8, 4) is 0 Å². The van der Waals surface area contributed by atoms with Crippen molar-refractivity contribution in [3.05, 3.63) is 42.3 Å². The number of benzene rings is 1. The lowest BCUT2D eigenvalue weighted by atomic mass is 9.82. The minimum atomic E-state index is -1.29. The summed E-state index contributed by atoms with van der Waals surface area (Å²) in [5, 5.41) is 16.6. The monoisotopic (exact) mass is 510 g/mol. The Balaban J connectivity index is 1.41. The molecule has 1 saturated heterocycles. The number of aliphatic hydroxyl groups excluding tert-OH is 1. The second-order valence-electron chi connectivity index (χ2n) is 12.0. The Morgan fingerprint density at radius 3 is 2.54 bits per heavy atom. The van der Waals surface area contributed by atoms with Crippen LogP contribution in [0.25, 0.3) is 0 Å². The molecule has 1 aromatic rings. The molecule has 1 unspecified atom stereocenters. The third kappa shape index (κ3) is 7.13. The molecular weight excluding hydrogens is 466 g/mol. The second kappa shape index (κ2) is 12.0. The van der Waals surface area contributed by atoms with Crippen LogP contribution in [0, 0.1) is 23.7 Å². The van der Waals surface area contributed by atoms with Crippen LogP contribution in [0.1, 0.15) is 77.7 Å². The first-order chi connectivity index (χ1) is 17.7. The summed E-state index contributed by atoms with van der Waals surface area (Å²) < 4.78 is 0. The van der Waals surface area contributed by atoms with Gasteiger partial charge in [0, 0.05) is 12.6 Å². The summed E-state index contributed by atoms with van der Waals surface area (Å²) in [6.07, 6.45) is 8.32. The lowest BCUT2D eigenvalue weighted by molar-refractivity contribution is -0.140. The van der Waals surface area contributed by atoms with E-state index in [0.29, 0.717) is 18.9 Å². The molecule has 1 heterocycles. The van der Waals surface area contributed by atoms with Crippen LogP contribution in [-0.2, 0) is 20.8 Å². The average molecular weight is 511 g/mol. The molecule has 1 aliphatic heterocycles. The lowest BCUT2D eigenvalue weighted by Crippen LogP contribution is -2.56. The third-order valence-corrected chi connectivity index (χ3v) is 8.36. The predicted molar refractivity (Wildman–Crippen MR) is 143 cm³/mol. The molecule has 0 spiro atoms. The van der Waals surface area contributed by atoms with Crippen molar-refractivity contribution in [1.29, 1.82) is 0 Å². The summed E-state index contributed by atoms with van der Waals surface area (Å²) in [5.74, 6) is -0.299. The Labute approximate surface area is 221 Å². The molecule has 3 amide bonds. The fourth-order valence-corrected chi connectivity index (χ4v) is 6.05. The molecule has 37 heavy (non-hydrogen) atoms. The Morgan fingerprint density at radius 1 is 1.14 bits per heavy atom. The molecule has 0 bridgehead atoms. The molecule has 7 heteroatoms. The number of carbonyl (C=O) groups is 3. The summed E-state index contributed by atoms with van der Waals surface area (Å²) >= 11 is 0. The molecule has 0 aromatic heterocycles. The normalized spacial score (nSPS) is 24.9. The predicted octanol–water partition coefficient (Wildman–Crippen LogP) is 3.40. The Morgan fingerprint density at radius 2 is 1.86 bits per heavy atom. The van der Waals surface area contributed by atoms with E-state index < -0.39 is 24.1 Å². The summed E-state index contributed by atoms with van der Waals surface area (Å²) in [6, 6.07) is 9.19. The van der Waals surface area contributed by atoms with Crippen LogP contribution in [0.5, 0.6) is 0 Å². The zero-order valence-corrected chi connectivity index (χ0v) is 22.6. The maximum Gasteiger partial charge on any atom is 0.251 e. The molecule has 7 nitrogen and oxygen atoms in total. The van der Waals surface area contributed by atoms with Crippen molar-refractivity contribution >= 4 is 17.7 Å². The number of amides is 3. The van der Waals surface area contributed by atoms with Crippen LogP contribution in [0.2, 0.25) is 0 Å². The number of aliphatic hydroxyl groups is 1. The molecule has 4 rings (SSSR count). The molecule has 1 radical (unpaired) electrons. The first-order valence-corrected chi connectivity index (χ1v) is 14.2. The van der Waals surface area contributed by atoms with Gasteiger partial charge in [-0.15, -0.1) is 0 Å². The Bertz CT molecular complexity index is 945. The largest absolute Gasteiger partial charge is 0.381 e. The highest BCUT2D eigenvalue weighted by Gasteiger charge is 2.50. The van der Waals surface area contributed by atoms with Crippen molar-refractivity contribution in [2.45, 2.75) is 103 Å². The van der Waals surface area contributed by atoms with E-state index >= 15 is 0 Å². The van der Waals surface area contributed by atoms with Gasteiger partial charge in [0.05, 0.1) is 12.5 Å². The van der Waals surface area contributed by atoms with E-state index in [1.165, 1.54) is 5.56 Å². The van der Waals surface area contributed by atoms with Crippen molar-refractivity contribution in [2.75, 3.05) is 6.54 Å². The third-order valence-electron chi connectivity index (χ3n) is 8.36. The van der Waals surface area contributed by atoms with Crippen LogP contribution in [0.4, 0.5) is 0 Å². The van der Waals surface area contributed by atoms with E-state index in [-0.39, 0.29) is 29.2 Å². The van der Waals surface area contributed by atoms with Crippen molar-refractivity contribution < 1.29 is 19.5 Å². The maximum absolute atomic E-state index is 13.7. The number of rotatable bonds is 12. The highest BCUT2D eigenvalue weighted by molar-refractivity contribution is 5.93. The fraction of sp³-hybridized carbons (Fsp3) is 0.667. The van der Waals surface area contributed by atoms with Gasteiger partial charge in [-0.25, -0.2) is 0 Å². The van der Waals surface area contributed by atoms with Gasteiger partial charge in [-0.3, -0.25) is 14.4 Å². The van der Waals surface area contributed by atoms with E-state index in [9.17, 15) is 19.5 Å². The van der Waals surface area contributed by atoms with Gasteiger partial charge in [0.15, 0.2) is 6.10 Å². The second-order valence-corrected chi connectivity index (χ2v) is 12.0. The molecule has 3 N–H and O–H groups in total. The topological polar surface area (TPSA) is 98.7 Å². The summed E-state index contributed by atoms with van der Waals surface area (Å²) in [6.45, 7) is 6.71. The highest BCUT2D eigenvalue weighted by atomic mass is 16.3. The number of hydrogen-bond donors (Lipinski definition) is 3. The van der Waals surface area contributed by atoms with Crippen molar-refractivity contribution in [3.63, 3.8) is 0 Å². The Kier molecular flexibility index (Phi) is 8.94. The molecule has 1 aromatic carbocycles. The number of hydrogen-bond acceptors (Lipinski definition) is 4. The van der Waals surface area contributed by atoms with E-state index in [0.717, 1.165) is 51.4 Å². The molecule has 5 atom stereocenters. The van der Waals surface area contributed by atoms with Gasteiger partial charge in [-0.1, -0.05) is 63.9 Å². The van der Waals surface area contributed by atoms with E-state index in [4.69, 9.17) is 0 Å². The summed E-state index contributed by atoms with van der Waals surface area (Å²) in [4.78, 5) is 41.5. The molecule has 3 fully saturated rings. The van der Waals surface area contributed by atoms with Crippen LogP contribution in [-0.4, -0.2) is 58.5 Å². The molecule has 2 saturated carbocycles. The van der Waals surface area contributed by atoms with E-state index in [1.807, 2.05) is 25.1 Å². The smallest absolute Gasteiger partial charge is 0.251 e. The van der Waals surface area contributed by atoms with Crippen LogP contribution < -0.4 is 10.6 Å². The average Bonchev–Trinajstić information content (AvgIpc) is 3.42. The standard InChI is InChI=1S/C30H44N3O4/c1-4-9-24(27(35)29(37)31-22-14-15-22)32-28(36)26-23-13-8-12-21(23)19-33(26)25(34)18-30(2,3)17-16-20-10-6-5-7-11-20/h5-7,10-11,18,21-24,26-27,35H,4,8-9,12-17,19H2,1-3H3,(H,31,37)(H,32,36)/t21-,23-,24-,26-,27?/m0/s1. The van der Waals surface area contributed by atoms with Gasteiger partial charge in [0.25, 0.3) is 5.91 Å². The van der Waals surface area contributed by atoms with Crippen LogP contribution in [0.3, 0.4) is 0 Å². The van der Waals surface area contributed by atoms with Gasteiger partial charge >= 0.3 is 0 Å². The number of nitrogens with zero attached hydrogens (tertiary/aromatic N) is 1. The van der Waals surface area contributed by atoms with Gasteiger partial charge in [0.2, 0.25) is 11.8 Å². The minimum Gasteiger partial charge on any atom is -0.381 e. The van der Waals surface area contributed by atoms with E-state index in [1.54, 1.807) is 11.3 Å². The van der Waals surface area contributed by atoms with Gasteiger partial charge in [0.1, 0.15) is 6.04 Å². The lowest BCUT2D eigenvalue weighted by Gasteiger charge is -2.32. The number of nitrogens with one attached hydrogen (secondary N) is 2. The van der Waals surface area contributed by atoms with E-state index in [2.05, 4.69) is 36.6 Å². The fourth-order valence-electron chi connectivity index (χ4n) is 6.05. The molecule has 203 valence electrons. The maximum atomic E-state index is 13.7. The minimum absolute atomic E-state index is 0.0910. The first-order valence-electron chi connectivity index (χ1n) is 14.2. The molecule has 3 aliphatic rings. The zero-order valence-electron chi connectivity index (χ0n) is 22.6. The molecule has 2 aliphatic carbocycles. The Hall–Kier alpha value is -2.41. The van der Waals surface area contributed by atoms with Gasteiger partial charge < -0.3 is 20.6 Å². The first kappa shape index (κ1) is 27.6. The van der Waals surface area contributed by atoms with Crippen molar-refractivity contribution in [2.24, 2.45) is 17.3 Å². The zero-order chi connectivity index (χ0) is 26.6. The van der Waals surface area contributed by atoms with Crippen LogP contribution in [0.15, 0.2) is 30.3 Å². The number of carbonyl (C=O) groups excluding carboxylic acids is 3. The number of likely N-dealkylation sites (tertiary alicyclic amines) is 1. The van der Waals surface area contributed by atoms with Crippen LogP contribution >= 0.6 is 0 Å². The summed E-state index contributed by atoms with van der Waals surface area (Å²) in [7, 11) is 0. The number of aryl methyl sites for hydroxylation is 1. The van der Waals surface area contributed by atoms with Gasteiger partial charge in [-0.2, -0.15) is 0 Å². The summed E-state index contributed by atoms with van der Waals surface area (Å²) in [5.41, 5.74) is 0.934. The SMILES string of the molecule is CCC[C@H](NC(=O)[C@@H]1[C@H]2CCC[C@H]2CN1C(=O)[CH]C(C)(C)CCc1ccccc1)C(O)C(=O)NC1CC1. The van der Waals surface area contributed by atoms with Crippen molar-refractivity contribution in [1.82, 2.24) is 15.5 Å². The quantitative estimate of drug-likeness (QED) is 0.401. The molecular formula is C30H44N3O4. The highest BCUT2D eigenvalue weighted by Crippen LogP contribution is 2.43.